The number of hydrogen-bond donors (Lipinski definition) is 0. The fourth-order valence-electron chi connectivity index (χ4n) is 4.12. The second-order valence-electron chi connectivity index (χ2n) is 9.74. The summed E-state index contributed by atoms with van der Waals surface area (Å²) < 4.78 is 12.5. The van der Waals surface area contributed by atoms with Crippen LogP contribution < -0.4 is 10.4 Å². The average molecular weight is 463 g/mol. The van der Waals surface area contributed by atoms with Crippen LogP contribution in [-0.2, 0) is 9.31 Å². The van der Waals surface area contributed by atoms with E-state index in [1.165, 1.54) is 5.56 Å². The maximum Gasteiger partial charge on any atom is 0.494 e. The van der Waals surface area contributed by atoms with Crippen LogP contribution in [0.2, 0.25) is 0 Å². The molecule has 1 fully saturated rings. The first-order chi connectivity index (χ1) is 16.8. The van der Waals surface area contributed by atoms with Gasteiger partial charge in [0.05, 0.1) is 11.2 Å². The molecule has 0 radical (unpaired) electrons. The van der Waals surface area contributed by atoms with Crippen molar-refractivity contribution in [2.45, 2.75) is 45.8 Å². The number of rotatable bonds is 7. The van der Waals surface area contributed by atoms with Crippen LogP contribution in [0.25, 0.3) is 5.57 Å². The van der Waals surface area contributed by atoms with Crippen molar-refractivity contribution < 1.29 is 9.31 Å². The van der Waals surface area contributed by atoms with Gasteiger partial charge in [-0.05, 0) is 87.6 Å². The van der Waals surface area contributed by atoms with Crippen LogP contribution in [0.4, 0.5) is 17.1 Å². The van der Waals surface area contributed by atoms with Crippen molar-refractivity contribution >= 4 is 35.2 Å². The van der Waals surface area contributed by atoms with E-state index in [0.717, 1.165) is 28.1 Å². The van der Waals surface area contributed by atoms with Crippen molar-refractivity contribution in [3.05, 3.63) is 115 Å². The highest BCUT2D eigenvalue weighted by Crippen LogP contribution is 2.38. The van der Waals surface area contributed by atoms with Gasteiger partial charge < -0.3 is 14.2 Å². The van der Waals surface area contributed by atoms with E-state index in [2.05, 4.69) is 131 Å². The van der Waals surface area contributed by atoms with Gasteiger partial charge in [-0.2, -0.15) is 0 Å². The molecule has 0 unspecified atom stereocenters. The van der Waals surface area contributed by atoms with Gasteiger partial charge in [-0.15, -0.1) is 0 Å². The summed E-state index contributed by atoms with van der Waals surface area (Å²) in [7, 11) is -0.374. The third kappa shape index (κ3) is 5.19. The lowest BCUT2D eigenvalue weighted by Crippen LogP contribution is -2.41. The fraction of sp³-hybridized carbons (Fsp3) is 0.226. The molecule has 1 aliphatic rings. The molecule has 3 aromatic rings. The molecule has 3 nitrogen and oxygen atoms in total. The highest BCUT2D eigenvalue weighted by molar-refractivity contribution is 6.62. The second kappa shape index (κ2) is 10.1. The molecule has 35 heavy (non-hydrogen) atoms. The van der Waals surface area contributed by atoms with Crippen molar-refractivity contribution in [3.63, 3.8) is 0 Å². The summed E-state index contributed by atoms with van der Waals surface area (Å²) in [6.45, 7) is 14.1. The standard InChI is InChI=1S/C31H34BNO2/c1-7-9-13-24(8-2)25-16-20-28(21-17-25)33(27-14-11-10-12-15-27)29-22-18-26(19-23-29)32-34-30(3,4)31(5,6)35-32/h7-23H,1H2,2-6H3. The fourth-order valence-corrected chi connectivity index (χ4v) is 4.12. The predicted molar refractivity (Wildman–Crippen MR) is 150 cm³/mol. The topological polar surface area (TPSA) is 21.7 Å². The maximum absolute atomic E-state index is 6.24. The Morgan fingerprint density at radius 3 is 1.80 bits per heavy atom. The van der Waals surface area contributed by atoms with Gasteiger partial charge in [0.25, 0.3) is 0 Å². The Balaban J connectivity index is 1.66. The zero-order valence-electron chi connectivity index (χ0n) is 21.4. The van der Waals surface area contributed by atoms with Gasteiger partial charge in [-0.25, -0.2) is 0 Å². The molecule has 178 valence electrons. The largest absolute Gasteiger partial charge is 0.494 e. The molecule has 0 amide bonds. The zero-order chi connectivity index (χ0) is 25.1. The third-order valence-electron chi connectivity index (χ3n) is 6.87. The van der Waals surface area contributed by atoms with E-state index in [9.17, 15) is 0 Å². The molecule has 4 rings (SSSR count). The summed E-state index contributed by atoms with van der Waals surface area (Å²) in [6, 6.07) is 27.5. The van der Waals surface area contributed by atoms with Crippen molar-refractivity contribution in [3.8, 4) is 0 Å². The minimum atomic E-state index is -0.374. The number of benzene rings is 3. The summed E-state index contributed by atoms with van der Waals surface area (Å²) in [5, 5.41) is 0. The summed E-state index contributed by atoms with van der Waals surface area (Å²) in [4.78, 5) is 2.26. The Labute approximate surface area is 210 Å². The van der Waals surface area contributed by atoms with E-state index in [4.69, 9.17) is 9.31 Å². The lowest BCUT2D eigenvalue weighted by atomic mass is 9.79. The lowest BCUT2D eigenvalue weighted by Gasteiger charge is -2.32. The highest BCUT2D eigenvalue weighted by atomic mass is 16.7. The Morgan fingerprint density at radius 1 is 0.771 bits per heavy atom. The van der Waals surface area contributed by atoms with E-state index in [1.807, 2.05) is 12.1 Å². The Morgan fingerprint density at radius 2 is 1.29 bits per heavy atom. The molecule has 0 N–H and O–H groups in total. The molecule has 1 saturated heterocycles. The lowest BCUT2D eigenvalue weighted by molar-refractivity contribution is 0.00578. The van der Waals surface area contributed by atoms with Gasteiger partial charge in [0.1, 0.15) is 0 Å². The summed E-state index contributed by atoms with van der Waals surface area (Å²) >= 11 is 0. The van der Waals surface area contributed by atoms with Crippen LogP contribution in [0.5, 0.6) is 0 Å². The molecule has 0 saturated carbocycles. The normalized spacial score (nSPS) is 17.1. The minimum Gasteiger partial charge on any atom is -0.399 e. The average Bonchev–Trinajstić information content (AvgIpc) is 3.08. The van der Waals surface area contributed by atoms with E-state index in [1.54, 1.807) is 6.08 Å². The van der Waals surface area contributed by atoms with Crippen LogP contribution in [0, 0.1) is 0 Å². The molecular formula is C31H34BNO2. The summed E-state index contributed by atoms with van der Waals surface area (Å²) in [5.74, 6) is 0. The first kappa shape index (κ1) is 24.8. The van der Waals surface area contributed by atoms with E-state index >= 15 is 0 Å². The Kier molecular flexibility index (Phi) is 7.16. The van der Waals surface area contributed by atoms with Crippen LogP contribution in [0.15, 0.2) is 110 Å². The predicted octanol–water partition coefficient (Wildman–Crippen LogP) is 7.60. The SMILES string of the molecule is C=CC=CC(=CC)c1ccc(N(c2ccccc2)c2ccc(B3OC(C)(C)C(C)(C)O3)cc2)cc1. The first-order valence-electron chi connectivity index (χ1n) is 12.1. The van der Waals surface area contributed by atoms with Gasteiger partial charge in [0.15, 0.2) is 0 Å². The molecule has 0 atom stereocenters. The maximum atomic E-state index is 6.24. The minimum absolute atomic E-state index is 0.360. The number of hydrogen-bond acceptors (Lipinski definition) is 3. The number of anilines is 3. The Hall–Kier alpha value is -3.34. The second-order valence-corrected chi connectivity index (χ2v) is 9.74. The number of nitrogens with zero attached hydrogens (tertiary/aromatic N) is 1. The van der Waals surface area contributed by atoms with Crippen molar-refractivity contribution in [1.82, 2.24) is 0 Å². The quantitative estimate of drug-likeness (QED) is 0.266. The van der Waals surface area contributed by atoms with Crippen LogP contribution in [0.1, 0.15) is 40.2 Å². The van der Waals surface area contributed by atoms with Crippen LogP contribution >= 0.6 is 0 Å². The van der Waals surface area contributed by atoms with Crippen molar-refractivity contribution in [2.75, 3.05) is 4.90 Å². The monoisotopic (exact) mass is 463 g/mol. The van der Waals surface area contributed by atoms with E-state index in [-0.39, 0.29) is 18.3 Å². The Bertz CT molecular complexity index is 1190. The highest BCUT2D eigenvalue weighted by Gasteiger charge is 2.51. The van der Waals surface area contributed by atoms with Gasteiger partial charge >= 0.3 is 7.12 Å². The first-order valence-corrected chi connectivity index (χ1v) is 12.1. The molecule has 0 spiro atoms. The molecule has 0 aromatic heterocycles. The third-order valence-corrected chi connectivity index (χ3v) is 6.87. The van der Waals surface area contributed by atoms with Crippen molar-refractivity contribution in [2.24, 2.45) is 0 Å². The molecule has 4 heteroatoms. The molecule has 0 bridgehead atoms. The van der Waals surface area contributed by atoms with Crippen LogP contribution in [0.3, 0.4) is 0 Å². The zero-order valence-corrected chi connectivity index (χ0v) is 21.4. The smallest absolute Gasteiger partial charge is 0.399 e. The molecule has 1 aliphatic heterocycles. The molecule has 0 aliphatic carbocycles. The van der Waals surface area contributed by atoms with Gasteiger partial charge in [0, 0.05) is 17.1 Å². The molecule has 1 heterocycles. The van der Waals surface area contributed by atoms with Gasteiger partial charge in [-0.3, -0.25) is 0 Å². The van der Waals surface area contributed by atoms with Gasteiger partial charge in [0.2, 0.25) is 0 Å². The number of para-hydroxylation sites is 1. The number of allylic oxidation sites excluding steroid dienone is 5. The van der Waals surface area contributed by atoms with E-state index < -0.39 is 0 Å². The van der Waals surface area contributed by atoms with Crippen molar-refractivity contribution in [1.29, 1.82) is 0 Å². The summed E-state index contributed by atoms with van der Waals surface area (Å²) in [6.07, 6.45) is 7.94. The van der Waals surface area contributed by atoms with Crippen LogP contribution in [-0.4, -0.2) is 18.3 Å². The molecular weight excluding hydrogens is 429 g/mol. The van der Waals surface area contributed by atoms with Gasteiger partial charge in [-0.1, -0.05) is 73.3 Å². The van der Waals surface area contributed by atoms with E-state index in [0.29, 0.717) is 0 Å². The molecule has 3 aromatic carbocycles. The summed E-state index contributed by atoms with van der Waals surface area (Å²) in [5.41, 5.74) is 5.88.